The van der Waals surface area contributed by atoms with Gasteiger partial charge in [0.15, 0.2) is 35.5 Å². The lowest BCUT2D eigenvalue weighted by Gasteiger charge is -2.30. The average molecular weight is 461 g/mol. The minimum absolute atomic E-state index is 0.0783. The third kappa shape index (κ3) is 4.01. The summed E-state index contributed by atoms with van der Waals surface area (Å²) >= 11 is 0. The van der Waals surface area contributed by atoms with Crippen molar-refractivity contribution in [3.8, 4) is 0 Å². The van der Waals surface area contributed by atoms with Gasteiger partial charge >= 0.3 is 0 Å². The van der Waals surface area contributed by atoms with Gasteiger partial charge in [0.1, 0.15) is 0 Å². The number of piperidine rings is 2. The molecule has 3 fully saturated rings. The summed E-state index contributed by atoms with van der Waals surface area (Å²) in [5.74, 6) is -0.264. The third-order valence-corrected chi connectivity index (χ3v) is 7.07. The van der Waals surface area contributed by atoms with Crippen LogP contribution in [0.2, 0.25) is 0 Å². The first-order valence-corrected chi connectivity index (χ1v) is 11.9. The highest BCUT2D eigenvalue weighted by molar-refractivity contribution is 6.37. The zero-order chi connectivity index (χ0) is 24.0. The Morgan fingerprint density at radius 2 is 1.09 bits per heavy atom. The number of allylic oxidation sites excluding steroid dienone is 8. The van der Waals surface area contributed by atoms with Crippen molar-refractivity contribution in [2.75, 3.05) is 27.2 Å². The number of hydrogen-bond acceptors (Lipinski definition) is 8. The van der Waals surface area contributed by atoms with Gasteiger partial charge in [-0.1, -0.05) is 12.2 Å². The van der Waals surface area contributed by atoms with Gasteiger partial charge in [-0.05, 0) is 39.1 Å². The molecule has 8 nitrogen and oxygen atoms in total. The molecule has 34 heavy (non-hydrogen) atoms. The summed E-state index contributed by atoms with van der Waals surface area (Å²) in [6, 6.07) is 0. The SMILES string of the molecule is CN1CCCC(=O)C1N=C1C=C2C(=O)C3=CCC(=NC4C(=O)CCCN4C)C=C3C(=O)C2=CC1. The first kappa shape index (κ1) is 22.7. The highest BCUT2D eigenvalue weighted by atomic mass is 16.1. The molecule has 0 spiro atoms. The molecule has 5 rings (SSSR count). The number of likely N-dealkylation sites (tertiary alicyclic amines) is 2. The zero-order valence-corrected chi connectivity index (χ0v) is 19.5. The third-order valence-electron chi connectivity index (χ3n) is 7.07. The number of likely N-dealkylation sites (N-methyl/N-ethyl adjacent to an activating group) is 2. The fourth-order valence-electron chi connectivity index (χ4n) is 5.17. The van der Waals surface area contributed by atoms with Crippen LogP contribution in [0.25, 0.3) is 0 Å². The van der Waals surface area contributed by atoms with E-state index in [0.717, 1.165) is 25.9 Å². The van der Waals surface area contributed by atoms with E-state index in [2.05, 4.69) is 9.98 Å². The average Bonchev–Trinajstić information content (AvgIpc) is 2.82. The minimum Gasteiger partial charge on any atom is -0.296 e. The van der Waals surface area contributed by atoms with Crippen LogP contribution in [0.4, 0.5) is 0 Å². The maximum atomic E-state index is 13.3. The molecule has 0 aromatic carbocycles. The zero-order valence-electron chi connectivity index (χ0n) is 19.5. The summed E-state index contributed by atoms with van der Waals surface area (Å²) in [5.41, 5.74) is 2.71. The summed E-state index contributed by atoms with van der Waals surface area (Å²) in [6.07, 6.45) is 9.21. The van der Waals surface area contributed by atoms with E-state index >= 15 is 0 Å². The van der Waals surface area contributed by atoms with Gasteiger partial charge in [0, 0.05) is 72.5 Å². The van der Waals surface area contributed by atoms with Crippen LogP contribution in [-0.2, 0) is 19.2 Å². The standard InChI is InChI=1S/C26H28N4O4/c1-29-11-3-5-21(31)25(29)27-15-7-9-17-19(13-15)23(33)18-10-8-16(14-20(18)24(17)34)28-26-22(32)6-4-12-30(26)2/h9-10,13-14,25-26H,3-8,11-12H2,1-2H3. The second kappa shape index (κ2) is 8.92. The normalized spacial score (nSPS) is 31.1. The van der Waals surface area contributed by atoms with Crippen LogP contribution in [0.15, 0.2) is 56.6 Å². The smallest absolute Gasteiger partial charge is 0.194 e. The van der Waals surface area contributed by atoms with Crippen LogP contribution in [0, 0.1) is 0 Å². The first-order chi connectivity index (χ1) is 16.3. The van der Waals surface area contributed by atoms with Gasteiger partial charge in [-0.3, -0.25) is 39.0 Å². The minimum atomic E-state index is -0.534. The van der Waals surface area contributed by atoms with Gasteiger partial charge in [-0.25, -0.2) is 0 Å². The van der Waals surface area contributed by atoms with E-state index in [1.807, 2.05) is 23.9 Å². The number of rotatable bonds is 2. The Hall–Kier alpha value is -3.10. The van der Waals surface area contributed by atoms with Crippen LogP contribution >= 0.6 is 0 Å². The van der Waals surface area contributed by atoms with E-state index in [0.29, 0.717) is 59.4 Å². The molecule has 1 saturated carbocycles. The number of Topliss-reactive ketones (excluding diaryl/α,β-unsaturated/α-hetero) is 4. The van der Waals surface area contributed by atoms with Crippen LogP contribution in [0.5, 0.6) is 0 Å². The molecule has 8 heteroatoms. The number of nitrogens with zero attached hydrogens (tertiary/aromatic N) is 4. The first-order valence-electron chi connectivity index (χ1n) is 11.9. The summed E-state index contributed by atoms with van der Waals surface area (Å²) in [5, 5.41) is 0. The largest absolute Gasteiger partial charge is 0.296 e. The highest BCUT2D eigenvalue weighted by Gasteiger charge is 2.38. The van der Waals surface area contributed by atoms with Crippen molar-refractivity contribution in [2.24, 2.45) is 9.98 Å². The Kier molecular flexibility index (Phi) is 5.95. The molecule has 2 unspecified atom stereocenters. The molecule has 176 valence electrons. The number of carbonyl (C=O) groups excluding carboxylic acids is 4. The van der Waals surface area contributed by atoms with Gasteiger partial charge in [-0.2, -0.15) is 0 Å². The molecule has 2 heterocycles. The molecule has 0 aromatic heterocycles. The Morgan fingerprint density at radius 3 is 1.47 bits per heavy atom. The molecule has 0 radical (unpaired) electrons. The second-order valence-corrected chi connectivity index (χ2v) is 9.51. The molecule has 0 amide bonds. The van der Waals surface area contributed by atoms with E-state index in [-0.39, 0.29) is 23.1 Å². The Bertz CT molecular complexity index is 1090. The lowest BCUT2D eigenvalue weighted by atomic mass is 9.75. The Balaban J connectivity index is 1.42. The summed E-state index contributed by atoms with van der Waals surface area (Å²) < 4.78 is 0. The highest BCUT2D eigenvalue weighted by Crippen LogP contribution is 2.36. The van der Waals surface area contributed by atoms with E-state index in [9.17, 15) is 19.2 Å². The molecule has 2 atom stereocenters. The van der Waals surface area contributed by atoms with Crippen molar-refractivity contribution in [1.29, 1.82) is 0 Å². The van der Waals surface area contributed by atoms with Crippen LogP contribution in [-0.4, -0.2) is 83.9 Å². The van der Waals surface area contributed by atoms with Crippen molar-refractivity contribution in [2.45, 2.75) is 50.9 Å². The predicted octanol–water partition coefficient (Wildman–Crippen LogP) is 1.77. The molecule has 2 saturated heterocycles. The summed E-state index contributed by atoms with van der Waals surface area (Å²) in [4.78, 5) is 64.3. The van der Waals surface area contributed by atoms with Crippen LogP contribution < -0.4 is 0 Å². The van der Waals surface area contributed by atoms with Crippen molar-refractivity contribution in [1.82, 2.24) is 9.80 Å². The molecule has 2 aliphatic heterocycles. The number of aliphatic imine (C=N–C) groups is 2. The van der Waals surface area contributed by atoms with Gasteiger partial charge in [0.05, 0.1) is 0 Å². The number of fused-ring (bicyclic) bond motifs is 2. The molecule has 0 bridgehead atoms. The monoisotopic (exact) mass is 460 g/mol. The summed E-state index contributed by atoms with van der Waals surface area (Å²) in [6.45, 7) is 1.60. The van der Waals surface area contributed by atoms with Crippen molar-refractivity contribution in [3.63, 3.8) is 0 Å². The van der Waals surface area contributed by atoms with Crippen molar-refractivity contribution >= 4 is 34.6 Å². The molecule has 0 aromatic rings. The predicted molar refractivity (Wildman–Crippen MR) is 128 cm³/mol. The van der Waals surface area contributed by atoms with Crippen molar-refractivity contribution < 1.29 is 19.2 Å². The Labute approximate surface area is 198 Å². The molecule has 0 N–H and O–H groups in total. The maximum absolute atomic E-state index is 13.3. The van der Waals surface area contributed by atoms with Crippen LogP contribution in [0.1, 0.15) is 38.5 Å². The van der Waals surface area contributed by atoms with Crippen molar-refractivity contribution in [3.05, 3.63) is 46.6 Å². The van der Waals surface area contributed by atoms with E-state index in [1.165, 1.54) is 0 Å². The molecular formula is C26H28N4O4. The van der Waals surface area contributed by atoms with Crippen LogP contribution in [0.3, 0.4) is 0 Å². The lowest BCUT2D eigenvalue weighted by Crippen LogP contribution is -2.42. The fourth-order valence-corrected chi connectivity index (χ4v) is 5.17. The van der Waals surface area contributed by atoms with Gasteiger partial charge in [0.2, 0.25) is 0 Å². The lowest BCUT2D eigenvalue weighted by molar-refractivity contribution is -0.126. The van der Waals surface area contributed by atoms with E-state index in [4.69, 9.17) is 0 Å². The molecule has 5 aliphatic rings. The number of hydrogen-bond donors (Lipinski definition) is 0. The molecule has 3 aliphatic carbocycles. The molecular weight excluding hydrogens is 432 g/mol. The van der Waals surface area contributed by atoms with Gasteiger partial charge in [0.25, 0.3) is 0 Å². The van der Waals surface area contributed by atoms with E-state index in [1.54, 1.807) is 24.3 Å². The fraction of sp³-hybridized carbons (Fsp3) is 0.462. The maximum Gasteiger partial charge on any atom is 0.194 e. The quantitative estimate of drug-likeness (QED) is 0.623. The summed E-state index contributed by atoms with van der Waals surface area (Å²) in [7, 11) is 3.75. The topological polar surface area (TPSA) is 99.5 Å². The van der Waals surface area contributed by atoms with E-state index < -0.39 is 12.3 Å². The second-order valence-electron chi connectivity index (χ2n) is 9.51. The van der Waals surface area contributed by atoms with Gasteiger partial charge < -0.3 is 0 Å². The number of ketones is 4. The Morgan fingerprint density at radius 1 is 0.676 bits per heavy atom. The van der Waals surface area contributed by atoms with Gasteiger partial charge in [-0.15, -0.1) is 0 Å². The number of carbonyl (C=O) groups is 4.